The minimum absolute atomic E-state index is 0.0842. The normalized spacial score (nSPS) is 22.8. The highest BCUT2D eigenvalue weighted by Gasteiger charge is 2.35. The number of hydrogen-bond acceptors (Lipinski definition) is 4. The molecule has 0 amide bonds. The van der Waals surface area contributed by atoms with E-state index < -0.39 is 23.9 Å². The highest BCUT2D eigenvalue weighted by molar-refractivity contribution is 6.02. The predicted molar refractivity (Wildman–Crippen MR) is 64.7 cm³/mol. The first kappa shape index (κ1) is 14.8. The molecule has 2 unspecified atom stereocenters. The Kier molecular flexibility index (Phi) is 4.29. The molecule has 0 aromatic heterocycles. The Bertz CT molecular complexity index is 490. The molecule has 20 heavy (non-hydrogen) atoms. The van der Waals surface area contributed by atoms with E-state index in [1.807, 2.05) is 0 Å². The van der Waals surface area contributed by atoms with Crippen molar-refractivity contribution >= 4 is 5.78 Å². The molecule has 0 radical (unpaired) electrons. The third kappa shape index (κ3) is 3.49. The molecule has 1 aliphatic heterocycles. The van der Waals surface area contributed by atoms with Crippen LogP contribution in [0.1, 0.15) is 16.8 Å². The summed E-state index contributed by atoms with van der Waals surface area (Å²) in [7, 11) is 1.53. The molecule has 0 aliphatic carbocycles. The Morgan fingerprint density at radius 2 is 2.05 bits per heavy atom. The summed E-state index contributed by atoms with van der Waals surface area (Å²) < 4.78 is 45.9. The Labute approximate surface area is 113 Å². The fourth-order valence-electron chi connectivity index (χ4n) is 2.15. The Morgan fingerprint density at radius 3 is 2.65 bits per heavy atom. The van der Waals surface area contributed by atoms with Crippen LogP contribution in [0.5, 0.6) is 5.75 Å². The van der Waals surface area contributed by atoms with Gasteiger partial charge in [0.25, 0.3) is 0 Å². The lowest BCUT2D eigenvalue weighted by Gasteiger charge is -2.15. The van der Waals surface area contributed by atoms with Crippen molar-refractivity contribution in [3.63, 3.8) is 0 Å². The highest BCUT2D eigenvalue weighted by atomic mass is 19.4. The molecule has 2 rings (SSSR count). The summed E-state index contributed by atoms with van der Waals surface area (Å²) in [6, 6.07) is 4.78. The Morgan fingerprint density at radius 1 is 1.35 bits per heavy atom. The van der Waals surface area contributed by atoms with Gasteiger partial charge in [0.05, 0.1) is 17.7 Å². The number of ketones is 1. The summed E-state index contributed by atoms with van der Waals surface area (Å²) in [4.78, 5) is 12.2. The minimum Gasteiger partial charge on any atom is -0.405 e. The van der Waals surface area contributed by atoms with Crippen molar-refractivity contribution in [1.29, 1.82) is 0 Å². The van der Waals surface area contributed by atoms with E-state index in [1.165, 1.54) is 25.3 Å². The standard InChI is InChI=1S/C13H14F3NO3/c1-19-8-6-10(17-7-8)12(18)9-4-2-3-5-11(9)20-13(14,15)16/h2-5,8,10,17H,6-7H2,1H3. The van der Waals surface area contributed by atoms with Gasteiger partial charge in [-0.3, -0.25) is 4.79 Å². The van der Waals surface area contributed by atoms with Gasteiger partial charge < -0.3 is 14.8 Å². The van der Waals surface area contributed by atoms with Gasteiger partial charge in [0.15, 0.2) is 5.78 Å². The van der Waals surface area contributed by atoms with Crippen LogP contribution in [0, 0.1) is 0 Å². The maximum atomic E-state index is 12.3. The number of hydrogen-bond donors (Lipinski definition) is 1. The number of ether oxygens (including phenoxy) is 2. The van der Waals surface area contributed by atoms with Crippen molar-refractivity contribution in [3.05, 3.63) is 29.8 Å². The number of para-hydroxylation sites is 1. The predicted octanol–water partition coefficient (Wildman–Crippen LogP) is 2.14. The zero-order valence-electron chi connectivity index (χ0n) is 10.7. The monoisotopic (exact) mass is 289 g/mol. The van der Waals surface area contributed by atoms with E-state index in [2.05, 4.69) is 10.1 Å². The first-order valence-corrected chi connectivity index (χ1v) is 6.06. The highest BCUT2D eigenvalue weighted by Crippen LogP contribution is 2.28. The summed E-state index contributed by atoms with van der Waals surface area (Å²) in [5.74, 6) is -0.905. The number of alkyl halides is 3. The van der Waals surface area contributed by atoms with Crippen LogP contribution in [0.2, 0.25) is 0 Å². The van der Waals surface area contributed by atoms with Crippen LogP contribution in [0.25, 0.3) is 0 Å². The maximum Gasteiger partial charge on any atom is 0.573 e. The van der Waals surface area contributed by atoms with E-state index in [9.17, 15) is 18.0 Å². The third-order valence-corrected chi connectivity index (χ3v) is 3.12. The molecule has 1 aliphatic rings. The lowest BCUT2D eigenvalue weighted by Crippen LogP contribution is -2.31. The van der Waals surface area contributed by atoms with Gasteiger partial charge in [0.1, 0.15) is 5.75 Å². The van der Waals surface area contributed by atoms with Gasteiger partial charge in [0, 0.05) is 13.7 Å². The third-order valence-electron chi connectivity index (χ3n) is 3.12. The summed E-state index contributed by atoms with van der Waals surface area (Å²) in [5.41, 5.74) is -0.0842. The van der Waals surface area contributed by atoms with Crippen molar-refractivity contribution in [2.24, 2.45) is 0 Å². The van der Waals surface area contributed by atoms with Crippen molar-refractivity contribution in [2.45, 2.75) is 24.9 Å². The molecule has 1 heterocycles. The second kappa shape index (κ2) is 5.80. The number of rotatable bonds is 4. The molecular formula is C13H14F3NO3. The van der Waals surface area contributed by atoms with Crippen LogP contribution >= 0.6 is 0 Å². The lowest BCUT2D eigenvalue weighted by molar-refractivity contribution is -0.274. The summed E-state index contributed by atoms with van der Waals surface area (Å²) in [5, 5.41) is 2.93. The smallest absolute Gasteiger partial charge is 0.405 e. The number of Topliss-reactive ketones (excluding diaryl/α,β-unsaturated/α-hetero) is 1. The van der Waals surface area contributed by atoms with Crippen molar-refractivity contribution in [3.8, 4) is 5.75 Å². The first-order chi connectivity index (χ1) is 9.40. The van der Waals surface area contributed by atoms with E-state index in [0.29, 0.717) is 13.0 Å². The largest absolute Gasteiger partial charge is 0.573 e. The second-order valence-electron chi connectivity index (χ2n) is 4.46. The molecule has 1 aromatic carbocycles. The van der Waals surface area contributed by atoms with Crippen molar-refractivity contribution in [2.75, 3.05) is 13.7 Å². The molecular weight excluding hydrogens is 275 g/mol. The number of carbonyl (C=O) groups is 1. The van der Waals surface area contributed by atoms with E-state index in [4.69, 9.17) is 4.74 Å². The maximum absolute atomic E-state index is 12.3. The average molecular weight is 289 g/mol. The van der Waals surface area contributed by atoms with Crippen molar-refractivity contribution < 1.29 is 27.4 Å². The zero-order valence-corrected chi connectivity index (χ0v) is 10.7. The second-order valence-corrected chi connectivity index (χ2v) is 4.46. The van der Waals surface area contributed by atoms with E-state index in [-0.39, 0.29) is 11.7 Å². The van der Waals surface area contributed by atoms with E-state index in [0.717, 1.165) is 6.07 Å². The molecule has 4 nitrogen and oxygen atoms in total. The van der Waals surface area contributed by atoms with Gasteiger partial charge in [-0.15, -0.1) is 13.2 Å². The van der Waals surface area contributed by atoms with Crippen LogP contribution in [0.15, 0.2) is 24.3 Å². The Balaban J connectivity index is 2.18. The molecule has 2 atom stereocenters. The molecule has 110 valence electrons. The zero-order chi connectivity index (χ0) is 14.8. The summed E-state index contributed by atoms with van der Waals surface area (Å²) >= 11 is 0. The fraction of sp³-hybridized carbons (Fsp3) is 0.462. The lowest BCUT2D eigenvalue weighted by atomic mass is 10.0. The number of methoxy groups -OCH3 is 1. The molecule has 0 spiro atoms. The van der Waals surface area contributed by atoms with Crippen LogP contribution < -0.4 is 10.1 Å². The van der Waals surface area contributed by atoms with Gasteiger partial charge in [-0.2, -0.15) is 0 Å². The summed E-state index contributed by atoms with van der Waals surface area (Å²) in [6.07, 6.45) is -4.51. The molecule has 7 heteroatoms. The molecule has 1 N–H and O–H groups in total. The molecule has 1 aromatic rings. The van der Waals surface area contributed by atoms with E-state index >= 15 is 0 Å². The van der Waals surface area contributed by atoms with Gasteiger partial charge in [-0.25, -0.2) is 0 Å². The molecule has 0 saturated carbocycles. The average Bonchev–Trinajstić information content (AvgIpc) is 2.85. The summed E-state index contributed by atoms with van der Waals surface area (Å²) in [6.45, 7) is 0.495. The van der Waals surface area contributed by atoms with Crippen LogP contribution in [0.4, 0.5) is 13.2 Å². The van der Waals surface area contributed by atoms with Crippen LogP contribution in [-0.4, -0.2) is 37.9 Å². The van der Waals surface area contributed by atoms with Gasteiger partial charge in [-0.05, 0) is 18.6 Å². The number of nitrogens with one attached hydrogen (secondary N) is 1. The van der Waals surface area contributed by atoms with Gasteiger partial charge in [-0.1, -0.05) is 12.1 Å². The Hall–Kier alpha value is -1.60. The fourth-order valence-corrected chi connectivity index (χ4v) is 2.15. The molecule has 1 fully saturated rings. The van der Waals surface area contributed by atoms with Crippen LogP contribution in [0.3, 0.4) is 0 Å². The quantitative estimate of drug-likeness (QED) is 0.863. The topological polar surface area (TPSA) is 47.6 Å². The van der Waals surface area contributed by atoms with Gasteiger partial charge in [0.2, 0.25) is 0 Å². The van der Waals surface area contributed by atoms with Crippen LogP contribution in [-0.2, 0) is 4.74 Å². The molecule has 0 bridgehead atoms. The number of benzene rings is 1. The first-order valence-electron chi connectivity index (χ1n) is 6.06. The molecule has 1 saturated heterocycles. The van der Waals surface area contributed by atoms with Gasteiger partial charge >= 0.3 is 6.36 Å². The number of halogens is 3. The minimum atomic E-state index is -4.82. The SMILES string of the molecule is COC1CNC(C(=O)c2ccccc2OC(F)(F)F)C1. The van der Waals surface area contributed by atoms with Crippen molar-refractivity contribution in [1.82, 2.24) is 5.32 Å². The van der Waals surface area contributed by atoms with E-state index in [1.54, 1.807) is 0 Å². The number of carbonyl (C=O) groups excluding carboxylic acids is 1.